The molecule has 0 spiro atoms. The van der Waals surface area contributed by atoms with Crippen LogP contribution < -0.4 is 9.80 Å². The van der Waals surface area contributed by atoms with Crippen LogP contribution in [0.15, 0.2) is 53.2 Å². The van der Waals surface area contributed by atoms with Crippen molar-refractivity contribution in [3.05, 3.63) is 69.3 Å². The van der Waals surface area contributed by atoms with E-state index in [0.717, 1.165) is 21.7 Å². The van der Waals surface area contributed by atoms with Crippen LogP contribution in [0.25, 0.3) is 0 Å². The standard InChI is InChI=1S/C20H18Cl2N2O2/c1-4-23(14-7-5-6-12(2)10-14)18-17(22)19(25)24(20(18)26)15-9-8-13(3)16(21)11-15/h5-11H,4H2,1-3H3. The van der Waals surface area contributed by atoms with E-state index in [4.69, 9.17) is 23.2 Å². The number of amides is 2. The zero-order valence-electron chi connectivity index (χ0n) is 14.7. The molecule has 0 aromatic heterocycles. The number of hydrogen-bond donors (Lipinski definition) is 0. The lowest BCUT2D eigenvalue weighted by atomic mass is 10.2. The Bertz CT molecular complexity index is 937. The van der Waals surface area contributed by atoms with Gasteiger partial charge in [0.15, 0.2) is 0 Å². The van der Waals surface area contributed by atoms with E-state index in [-0.39, 0.29) is 10.7 Å². The predicted octanol–water partition coefficient (Wildman–Crippen LogP) is 4.81. The molecule has 0 saturated carbocycles. The summed E-state index contributed by atoms with van der Waals surface area (Å²) in [7, 11) is 0. The molecule has 1 aliphatic heterocycles. The molecule has 0 fully saturated rings. The van der Waals surface area contributed by atoms with E-state index >= 15 is 0 Å². The van der Waals surface area contributed by atoms with Crippen LogP contribution in [0.4, 0.5) is 11.4 Å². The summed E-state index contributed by atoms with van der Waals surface area (Å²) in [4.78, 5) is 28.6. The predicted molar refractivity (Wildman–Crippen MR) is 106 cm³/mol. The number of carbonyl (C=O) groups excluding carboxylic acids is 2. The van der Waals surface area contributed by atoms with Gasteiger partial charge in [-0.1, -0.05) is 41.4 Å². The Morgan fingerprint density at radius 1 is 1.00 bits per heavy atom. The van der Waals surface area contributed by atoms with Gasteiger partial charge in [-0.2, -0.15) is 0 Å². The van der Waals surface area contributed by atoms with Gasteiger partial charge in [0.1, 0.15) is 10.7 Å². The molecule has 6 heteroatoms. The lowest BCUT2D eigenvalue weighted by molar-refractivity contribution is -0.120. The van der Waals surface area contributed by atoms with Gasteiger partial charge in [-0.05, 0) is 56.2 Å². The Hall–Kier alpha value is -2.30. The lowest BCUT2D eigenvalue weighted by Crippen LogP contribution is -2.35. The SMILES string of the molecule is CCN(C1=C(Cl)C(=O)N(c2ccc(C)c(Cl)c2)C1=O)c1cccc(C)c1. The van der Waals surface area contributed by atoms with Gasteiger partial charge in [-0.15, -0.1) is 0 Å². The van der Waals surface area contributed by atoms with Crippen molar-refractivity contribution < 1.29 is 9.59 Å². The summed E-state index contributed by atoms with van der Waals surface area (Å²) in [6.07, 6.45) is 0. The molecule has 1 heterocycles. The molecule has 0 radical (unpaired) electrons. The lowest BCUT2D eigenvalue weighted by Gasteiger charge is -2.24. The van der Waals surface area contributed by atoms with Gasteiger partial charge < -0.3 is 4.90 Å². The maximum absolute atomic E-state index is 13.1. The Morgan fingerprint density at radius 2 is 1.73 bits per heavy atom. The summed E-state index contributed by atoms with van der Waals surface area (Å²) >= 11 is 12.5. The third kappa shape index (κ3) is 3.11. The van der Waals surface area contributed by atoms with Gasteiger partial charge in [0, 0.05) is 17.3 Å². The van der Waals surface area contributed by atoms with Crippen LogP contribution in [0.3, 0.4) is 0 Å². The number of anilines is 2. The Kier molecular flexibility index (Phi) is 5.08. The smallest absolute Gasteiger partial charge is 0.283 e. The number of nitrogens with zero attached hydrogens (tertiary/aromatic N) is 2. The minimum atomic E-state index is -0.544. The highest BCUT2D eigenvalue weighted by atomic mass is 35.5. The van der Waals surface area contributed by atoms with Crippen molar-refractivity contribution in [2.45, 2.75) is 20.8 Å². The molecule has 4 nitrogen and oxygen atoms in total. The van der Waals surface area contributed by atoms with Crippen molar-refractivity contribution in [3.8, 4) is 0 Å². The molecule has 1 aliphatic rings. The third-order valence-electron chi connectivity index (χ3n) is 4.32. The Balaban J connectivity index is 2.04. The van der Waals surface area contributed by atoms with E-state index in [2.05, 4.69) is 0 Å². The zero-order valence-corrected chi connectivity index (χ0v) is 16.2. The second kappa shape index (κ2) is 7.14. The first kappa shape index (κ1) is 18.5. The van der Waals surface area contributed by atoms with Gasteiger partial charge in [0.25, 0.3) is 11.8 Å². The van der Waals surface area contributed by atoms with E-state index in [1.807, 2.05) is 45.0 Å². The molecule has 0 N–H and O–H groups in total. The Labute approximate surface area is 162 Å². The fraction of sp³-hybridized carbons (Fsp3) is 0.200. The molecule has 0 aliphatic carbocycles. The van der Waals surface area contributed by atoms with Crippen LogP contribution in [-0.4, -0.2) is 18.4 Å². The zero-order chi connectivity index (χ0) is 19.0. The first-order chi connectivity index (χ1) is 12.3. The number of rotatable bonds is 4. The second-order valence-corrected chi connectivity index (χ2v) is 6.91. The van der Waals surface area contributed by atoms with Crippen molar-refractivity contribution in [2.75, 3.05) is 16.3 Å². The van der Waals surface area contributed by atoms with Crippen LogP contribution in [0.5, 0.6) is 0 Å². The quantitative estimate of drug-likeness (QED) is 0.705. The highest BCUT2D eigenvalue weighted by Gasteiger charge is 2.41. The fourth-order valence-electron chi connectivity index (χ4n) is 2.95. The molecule has 3 rings (SSSR count). The molecule has 26 heavy (non-hydrogen) atoms. The molecule has 2 aromatic rings. The molecular formula is C20H18Cl2N2O2. The van der Waals surface area contributed by atoms with Gasteiger partial charge in [-0.3, -0.25) is 9.59 Å². The minimum Gasteiger partial charge on any atom is -0.336 e. The number of aryl methyl sites for hydroxylation is 2. The van der Waals surface area contributed by atoms with Crippen LogP contribution >= 0.6 is 23.2 Å². The number of carbonyl (C=O) groups is 2. The maximum Gasteiger partial charge on any atom is 0.283 e. The number of imide groups is 1. The second-order valence-electron chi connectivity index (χ2n) is 6.13. The normalized spacial score (nSPS) is 14.4. The van der Waals surface area contributed by atoms with Crippen molar-refractivity contribution in [1.29, 1.82) is 0 Å². The minimum absolute atomic E-state index is 0.0879. The highest BCUT2D eigenvalue weighted by molar-refractivity contribution is 6.53. The summed E-state index contributed by atoms with van der Waals surface area (Å²) < 4.78 is 0. The topological polar surface area (TPSA) is 40.6 Å². The van der Waals surface area contributed by atoms with Crippen molar-refractivity contribution in [2.24, 2.45) is 0 Å². The average molecular weight is 389 g/mol. The molecule has 2 amide bonds. The van der Waals surface area contributed by atoms with Crippen LogP contribution in [0.2, 0.25) is 5.02 Å². The Morgan fingerprint density at radius 3 is 2.35 bits per heavy atom. The van der Waals surface area contributed by atoms with Gasteiger partial charge in [-0.25, -0.2) is 4.90 Å². The molecule has 0 saturated heterocycles. The monoisotopic (exact) mass is 388 g/mol. The summed E-state index contributed by atoms with van der Waals surface area (Å²) in [5.74, 6) is -0.999. The van der Waals surface area contributed by atoms with E-state index in [1.165, 1.54) is 0 Å². The van der Waals surface area contributed by atoms with Crippen molar-refractivity contribution in [1.82, 2.24) is 0 Å². The number of hydrogen-bond acceptors (Lipinski definition) is 3. The van der Waals surface area contributed by atoms with E-state index in [0.29, 0.717) is 17.3 Å². The molecule has 0 atom stereocenters. The molecule has 0 bridgehead atoms. The third-order valence-corrected chi connectivity index (χ3v) is 5.07. The summed E-state index contributed by atoms with van der Waals surface area (Å²) in [6.45, 7) is 6.22. The maximum atomic E-state index is 13.1. The van der Waals surface area contributed by atoms with Crippen LogP contribution in [-0.2, 0) is 9.59 Å². The van der Waals surface area contributed by atoms with Gasteiger partial charge in [0.05, 0.1) is 5.69 Å². The first-order valence-electron chi connectivity index (χ1n) is 8.24. The summed E-state index contributed by atoms with van der Waals surface area (Å²) in [5.41, 5.74) is 3.32. The number of likely N-dealkylation sites (N-methyl/N-ethyl adjacent to an activating group) is 1. The van der Waals surface area contributed by atoms with Crippen LogP contribution in [0.1, 0.15) is 18.1 Å². The molecule has 2 aromatic carbocycles. The number of benzene rings is 2. The number of halogens is 2. The fourth-order valence-corrected chi connectivity index (χ4v) is 3.39. The van der Waals surface area contributed by atoms with Gasteiger partial charge >= 0.3 is 0 Å². The molecule has 134 valence electrons. The van der Waals surface area contributed by atoms with Crippen molar-refractivity contribution in [3.63, 3.8) is 0 Å². The van der Waals surface area contributed by atoms with E-state index in [9.17, 15) is 9.59 Å². The summed E-state index contributed by atoms with van der Waals surface area (Å²) in [6, 6.07) is 12.8. The molecule has 0 unspecified atom stereocenters. The summed E-state index contributed by atoms with van der Waals surface area (Å²) in [5, 5.41) is 0.397. The van der Waals surface area contributed by atoms with Gasteiger partial charge in [0.2, 0.25) is 0 Å². The van der Waals surface area contributed by atoms with Crippen molar-refractivity contribution >= 4 is 46.4 Å². The van der Waals surface area contributed by atoms with E-state index < -0.39 is 11.8 Å². The molecular weight excluding hydrogens is 371 g/mol. The average Bonchev–Trinajstić information content (AvgIpc) is 2.82. The first-order valence-corrected chi connectivity index (χ1v) is 8.99. The van der Waals surface area contributed by atoms with E-state index in [1.54, 1.807) is 23.1 Å². The highest BCUT2D eigenvalue weighted by Crippen LogP contribution is 2.35. The van der Waals surface area contributed by atoms with Crippen LogP contribution in [0, 0.1) is 13.8 Å². The largest absolute Gasteiger partial charge is 0.336 e.